The van der Waals surface area contributed by atoms with E-state index in [1.807, 2.05) is 23.0 Å². The quantitative estimate of drug-likeness (QED) is 0.637. The van der Waals surface area contributed by atoms with E-state index < -0.39 is 0 Å². The highest BCUT2D eigenvalue weighted by Gasteiger charge is 2.22. The summed E-state index contributed by atoms with van der Waals surface area (Å²) in [5.41, 5.74) is 5.11. The second-order valence-electron chi connectivity index (χ2n) is 7.38. The molecule has 4 rings (SSSR count). The lowest BCUT2D eigenvalue weighted by Crippen LogP contribution is -2.35. The van der Waals surface area contributed by atoms with Crippen LogP contribution in [0.15, 0.2) is 30.6 Å². The summed E-state index contributed by atoms with van der Waals surface area (Å²) in [6, 6.07) is 6.51. The molecule has 1 aliphatic rings. The van der Waals surface area contributed by atoms with Crippen LogP contribution < -0.4 is 5.32 Å². The van der Waals surface area contributed by atoms with Gasteiger partial charge < -0.3 is 15.4 Å². The number of aromatic hydroxyl groups is 1. The van der Waals surface area contributed by atoms with Crippen molar-refractivity contribution in [3.63, 3.8) is 0 Å². The van der Waals surface area contributed by atoms with E-state index in [1.54, 1.807) is 6.07 Å². The molecule has 1 unspecified atom stereocenters. The van der Waals surface area contributed by atoms with Crippen LogP contribution in [0.25, 0.3) is 10.9 Å². The Labute approximate surface area is 160 Å². The van der Waals surface area contributed by atoms with Gasteiger partial charge in [0, 0.05) is 34.9 Å². The van der Waals surface area contributed by atoms with E-state index in [-0.39, 0.29) is 12.4 Å². The Morgan fingerprint density at radius 1 is 1.38 bits per heavy atom. The van der Waals surface area contributed by atoms with Crippen LogP contribution in [0.2, 0.25) is 0 Å². The van der Waals surface area contributed by atoms with Crippen LogP contribution in [0, 0.1) is 0 Å². The standard InChI is InChI=1S/C20H26N4O.ClH/c1-13(2)24-12-14(11-22-24)7-8-21-15-3-5-19-17(9-15)18-10-16(25)4-6-20(18)23-19;/h4,6,10-13,15,21,23,25H,3,5,7-9H2,1-2H3;1H. The zero-order chi connectivity index (χ0) is 17.4. The molecule has 0 saturated carbocycles. The number of rotatable bonds is 5. The minimum Gasteiger partial charge on any atom is -0.508 e. The molecule has 0 amide bonds. The van der Waals surface area contributed by atoms with E-state index >= 15 is 0 Å². The first-order valence-corrected chi connectivity index (χ1v) is 9.19. The van der Waals surface area contributed by atoms with Gasteiger partial charge in [-0.15, -0.1) is 12.4 Å². The number of aromatic amines is 1. The van der Waals surface area contributed by atoms with Gasteiger partial charge in [0.1, 0.15) is 5.75 Å². The van der Waals surface area contributed by atoms with Gasteiger partial charge >= 0.3 is 0 Å². The number of hydrogen-bond acceptors (Lipinski definition) is 3. The summed E-state index contributed by atoms with van der Waals surface area (Å²) < 4.78 is 2.01. The summed E-state index contributed by atoms with van der Waals surface area (Å²) in [7, 11) is 0. The summed E-state index contributed by atoms with van der Waals surface area (Å²) >= 11 is 0. The first kappa shape index (κ1) is 18.8. The maximum Gasteiger partial charge on any atom is 0.116 e. The third-order valence-corrected chi connectivity index (χ3v) is 5.20. The van der Waals surface area contributed by atoms with Crippen molar-refractivity contribution in [3.05, 3.63) is 47.4 Å². The number of nitrogens with zero attached hydrogens (tertiary/aromatic N) is 2. The molecule has 26 heavy (non-hydrogen) atoms. The van der Waals surface area contributed by atoms with Crippen LogP contribution in [0.3, 0.4) is 0 Å². The minimum atomic E-state index is 0. The van der Waals surface area contributed by atoms with Gasteiger partial charge in [-0.1, -0.05) is 0 Å². The maximum atomic E-state index is 9.79. The molecule has 1 atom stereocenters. The van der Waals surface area contributed by atoms with Crippen LogP contribution in [0.4, 0.5) is 0 Å². The zero-order valence-electron chi connectivity index (χ0n) is 15.3. The van der Waals surface area contributed by atoms with Crippen molar-refractivity contribution < 1.29 is 5.11 Å². The van der Waals surface area contributed by atoms with Gasteiger partial charge in [0.05, 0.1) is 6.20 Å². The lowest BCUT2D eigenvalue weighted by Gasteiger charge is -2.23. The summed E-state index contributed by atoms with van der Waals surface area (Å²) in [6.45, 7) is 5.26. The van der Waals surface area contributed by atoms with E-state index in [0.29, 0.717) is 17.8 Å². The highest BCUT2D eigenvalue weighted by atomic mass is 35.5. The first-order chi connectivity index (χ1) is 12.1. The number of phenolic OH excluding ortho intramolecular Hbond substituents is 1. The zero-order valence-corrected chi connectivity index (χ0v) is 16.1. The van der Waals surface area contributed by atoms with E-state index in [4.69, 9.17) is 0 Å². The van der Waals surface area contributed by atoms with Gasteiger partial charge in [0.25, 0.3) is 0 Å². The molecule has 2 aromatic heterocycles. The molecule has 6 heteroatoms. The van der Waals surface area contributed by atoms with Crippen LogP contribution in [0.5, 0.6) is 5.75 Å². The number of H-pyrrole nitrogens is 1. The Morgan fingerprint density at radius 2 is 2.23 bits per heavy atom. The van der Waals surface area contributed by atoms with Gasteiger partial charge in [0.15, 0.2) is 0 Å². The van der Waals surface area contributed by atoms with E-state index in [9.17, 15) is 5.11 Å². The van der Waals surface area contributed by atoms with E-state index in [1.165, 1.54) is 22.2 Å². The average molecular weight is 375 g/mol. The van der Waals surface area contributed by atoms with Crippen molar-refractivity contribution in [2.75, 3.05) is 6.54 Å². The average Bonchev–Trinajstić information content (AvgIpc) is 3.19. The van der Waals surface area contributed by atoms with Gasteiger partial charge in [-0.25, -0.2) is 0 Å². The fourth-order valence-electron chi connectivity index (χ4n) is 3.79. The van der Waals surface area contributed by atoms with Crippen molar-refractivity contribution in [1.29, 1.82) is 0 Å². The number of nitrogens with one attached hydrogen (secondary N) is 2. The number of aryl methyl sites for hydroxylation is 1. The van der Waals surface area contributed by atoms with Crippen LogP contribution in [-0.2, 0) is 19.3 Å². The third kappa shape index (κ3) is 3.74. The Kier molecular flexibility index (Phi) is 5.58. The lowest BCUT2D eigenvalue weighted by atomic mass is 9.91. The molecule has 0 saturated heterocycles. The molecule has 1 aromatic carbocycles. The second kappa shape index (κ2) is 7.72. The number of halogens is 1. The number of benzene rings is 1. The second-order valence-corrected chi connectivity index (χ2v) is 7.38. The van der Waals surface area contributed by atoms with Gasteiger partial charge in [0.2, 0.25) is 0 Å². The molecule has 1 aliphatic carbocycles. The van der Waals surface area contributed by atoms with Gasteiger partial charge in [-0.2, -0.15) is 5.10 Å². The smallest absolute Gasteiger partial charge is 0.116 e. The third-order valence-electron chi connectivity index (χ3n) is 5.20. The lowest BCUT2D eigenvalue weighted by molar-refractivity contribution is 0.460. The molecule has 3 aromatic rings. The predicted octanol–water partition coefficient (Wildman–Crippen LogP) is 3.76. The van der Waals surface area contributed by atoms with E-state index in [2.05, 4.69) is 35.4 Å². The molecule has 0 radical (unpaired) electrons. The molecule has 140 valence electrons. The summed E-state index contributed by atoms with van der Waals surface area (Å²) in [5, 5.41) is 19.1. The fourth-order valence-corrected chi connectivity index (χ4v) is 3.79. The Balaban J connectivity index is 0.00000196. The van der Waals surface area contributed by atoms with Crippen LogP contribution in [0.1, 0.15) is 43.1 Å². The molecular weight excluding hydrogens is 348 g/mol. The Bertz CT molecular complexity index is 883. The monoisotopic (exact) mass is 374 g/mol. The molecule has 0 fully saturated rings. The molecule has 2 heterocycles. The van der Waals surface area contributed by atoms with Crippen LogP contribution in [-0.4, -0.2) is 32.5 Å². The molecule has 0 aliphatic heterocycles. The SMILES string of the molecule is CC(C)n1cc(CCNC2CCc3[nH]c4ccc(O)cc4c3C2)cn1.Cl. The fraction of sp³-hybridized carbons (Fsp3) is 0.450. The summed E-state index contributed by atoms with van der Waals surface area (Å²) in [6.07, 6.45) is 8.36. The highest BCUT2D eigenvalue weighted by molar-refractivity contribution is 5.86. The Morgan fingerprint density at radius 3 is 3.00 bits per heavy atom. The van der Waals surface area contributed by atoms with E-state index in [0.717, 1.165) is 37.7 Å². The van der Waals surface area contributed by atoms with Crippen molar-refractivity contribution >= 4 is 23.3 Å². The molecule has 0 spiro atoms. The van der Waals surface area contributed by atoms with Crippen molar-refractivity contribution in [3.8, 4) is 5.75 Å². The molecule has 5 nitrogen and oxygen atoms in total. The number of hydrogen-bond donors (Lipinski definition) is 3. The van der Waals surface area contributed by atoms with Crippen LogP contribution >= 0.6 is 12.4 Å². The highest BCUT2D eigenvalue weighted by Crippen LogP contribution is 2.31. The maximum absolute atomic E-state index is 9.79. The Hall–Kier alpha value is -1.98. The number of phenols is 1. The summed E-state index contributed by atoms with van der Waals surface area (Å²) in [5.74, 6) is 0.339. The van der Waals surface area contributed by atoms with Gasteiger partial charge in [-0.05, 0) is 75.4 Å². The first-order valence-electron chi connectivity index (χ1n) is 9.19. The predicted molar refractivity (Wildman–Crippen MR) is 107 cm³/mol. The largest absolute Gasteiger partial charge is 0.508 e. The molecule has 3 N–H and O–H groups in total. The normalized spacial score (nSPS) is 16.7. The van der Waals surface area contributed by atoms with Crippen molar-refractivity contribution in [2.45, 2.75) is 51.6 Å². The van der Waals surface area contributed by atoms with Gasteiger partial charge in [-0.3, -0.25) is 4.68 Å². The van der Waals surface area contributed by atoms with Crippen molar-refractivity contribution in [1.82, 2.24) is 20.1 Å². The van der Waals surface area contributed by atoms with Crippen molar-refractivity contribution in [2.24, 2.45) is 0 Å². The number of fused-ring (bicyclic) bond motifs is 3. The summed E-state index contributed by atoms with van der Waals surface area (Å²) in [4.78, 5) is 3.51. The minimum absolute atomic E-state index is 0. The molecule has 0 bridgehead atoms. The molecular formula is C20H27ClN4O. The number of aromatic nitrogens is 3. The topological polar surface area (TPSA) is 65.9 Å².